The summed E-state index contributed by atoms with van der Waals surface area (Å²) in [5, 5.41) is 14.8. The maximum Gasteiger partial charge on any atom is 0.229 e. The summed E-state index contributed by atoms with van der Waals surface area (Å²) < 4.78 is 4.73. The van der Waals surface area contributed by atoms with Gasteiger partial charge >= 0.3 is 0 Å². The van der Waals surface area contributed by atoms with Crippen LogP contribution in [0.4, 0.5) is 0 Å². The summed E-state index contributed by atoms with van der Waals surface area (Å²) in [7, 11) is 0. The van der Waals surface area contributed by atoms with Crippen LogP contribution in [-0.2, 0) is 0 Å². The van der Waals surface area contributed by atoms with Crippen molar-refractivity contribution >= 4 is 60.4 Å². The van der Waals surface area contributed by atoms with E-state index in [0.717, 1.165) is 44.6 Å². The third-order valence-corrected chi connectivity index (χ3v) is 9.79. The Labute approximate surface area is 292 Å². The van der Waals surface area contributed by atoms with E-state index in [1.807, 2.05) is 60.7 Å². The van der Waals surface area contributed by atoms with Crippen molar-refractivity contribution in [3.05, 3.63) is 181 Å². The first-order valence-electron chi connectivity index (χ1n) is 17.0. The Morgan fingerprint density at radius 1 is 0.510 bits per heavy atom. The van der Waals surface area contributed by atoms with E-state index in [4.69, 9.17) is 10.4 Å². The third-order valence-electron chi connectivity index (χ3n) is 9.79. The molecule has 6 heteroatoms. The highest BCUT2D eigenvalue weighted by Gasteiger charge is 2.20. The van der Waals surface area contributed by atoms with E-state index in [2.05, 4.69) is 128 Å². The minimum Gasteiger partial charge on any atom is -0.323 e. The molecule has 0 spiro atoms. The van der Waals surface area contributed by atoms with Crippen molar-refractivity contribution in [1.29, 1.82) is 5.41 Å². The minimum absolute atomic E-state index is 0.135. The SMILES string of the molecule is N=C(/N=c1/nc(-c2ccccc2)c2ccccc2[nH]1)c1ccc(-n2c3ccccc3c3c2ccc2c4ccccc4n(-c4ccccc4)c23)cc1. The minimum atomic E-state index is 0.135. The van der Waals surface area contributed by atoms with Crippen molar-refractivity contribution in [2.75, 3.05) is 0 Å². The first-order chi connectivity index (χ1) is 25.2. The van der Waals surface area contributed by atoms with Gasteiger partial charge in [-0.2, -0.15) is 4.99 Å². The molecule has 0 aliphatic heterocycles. The van der Waals surface area contributed by atoms with E-state index in [9.17, 15) is 0 Å². The van der Waals surface area contributed by atoms with E-state index >= 15 is 0 Å². The van der Waals surface area contributed by atoms with Crippen molar-refractivity contribution in [1.82, 2.24) is 19.1 Å². The molecule has 240 valence electrons. The van der Waals surface area contributed by atoms with E-state index in [1.54, 1.807) is 0 Å². The number of para-hydroxylation sites is 4. The van der Waals surface area contributed by atoms with Gasteiger partial charge < -0.3 is 14.1 Å². The fourth-order valence-corrected chi connectivity index (χ4v) is 7.55. The fraction of sp³-hybridized carbons (Fsp3) is 0. The number of H-pyrrole nitrogens is 1. The van der Waals surface area contributed by atoms with Crippen molar-refractivity contribution in [3.8, 4) is 22.6 Å². The quantitative estimate of drug-likeness (QED) is 0.144. The largest absolute Gasteiger partial charge is 0.323 e. The Bertz CT molecular complexity index is 3020. The summed E-state index contributed by atoms with van der Waals surface area (Å²) in [6.45, 7) is 0. The van der Waals surface area contributed by atoms with Gasteiger partial charge in [-0.3, -0.25) is 5.41 Å². The van der Waals surface area contributed by atoms with Crippen LogP contribution in [0.25, 0.3) is 77.1 Å². The Balaban J connectivity index is 1.12. The van der Waals surface area contributed by atoms with E-state index in [0.29, 0.717) is 11.2 Å². The highest BCUT2D eigenvalue weighted by molar-refractivity contribution is 6.26. The van der Waals surface area contributed by atoms with Gasteiger partial charge in [0.2, 0.25) is 5.62 Å². The Hall–Kier alpha value is -7.05. The lowest BCUT2D eigenvalue weighted by Crippen LogP contribution is -2.17. The molecule has 0 amide bonds. The molecule has 0 aliphatic rings. The number of rotatable bonds is 4. The van der Waals surface area contributed by atoms with Crippen LogP contribution in [0, 0.1) is 5.41 Å². The van der Waals surface area contributed by atoms with E-state index < -0.39 is 0 Å². The van der Waals surface area contributed by atoms with Crippen LogP contribution in [-0.4, -0.2) is 24.9 Å². The molecule has 0 saturated carbocycles. The second-order valence-corrected chi connectivity index (χ2v) is 12.7. The first kappa shape index (κ1) is 28.9. The Kier molecular flexibility index (Phi) is 6.54. The van der Waals surface area contributed by atoms with Crippen LogP contribution in [0.1, 0.15) is 5.56 Å². The van der Waals surface area contributed by atoms with Gasteiger partial charge in [0, 0.05) is 49.4 Å². The number of aromatic amines is 1. The first-order valence-corrected chi connectivity index (χ1v) is 17.0. The molecular weight excluding hydrogens is 625 g/mol. The zero-order chi connectivity index (χ0) is 33.9. The molecule has 3 aromatic heterocycles. The molecule has 0 bridgehead atoms. The molecule has 51 heavy (non-hydrogen) atoms. The molecule has 0 saturated heterocycles. The molecule has 2 N–H and O–H groups in total. The highest BCUT2D eigenvalue weighted by Crippen LogP contribution is 2.41. The number of amidine groups is 1. The topological polar surface area (TPSA) is 74.8 Å². The number of nitrogens with zero attached hydrogens (tertiary/aromatic N) is 4. The number of aromatic nitrogens is 4. The molecule has 6 nitrogen and oxygen atoms in total. The summed E-state index contributed by atoms with van der Waals surface area (Å²) in [4.78, 5) is 12.8. The van der Waals surface area contributed by atoms with Gasteiger partial charge in [0.15, 0.2) is 5.84 Å². The van der Waals surface area contributed by atoms with Crippen LogP contribution in [0.2, 0.25) is 0 Å². The number of hydrogen-bond donors (Lipinski definition) is 2. The molecule has 7 aromatic carbocycles. The van der Waals surface area contributed by atoms with Gasteiger partial charge in [-0.05, 0) is 60.7 Å². The second-order valence-electron chi connectivity index (χ2n) is 12.7. The number of nitrogens with one attached hydrogen (secondary N) is 2. The average molecular weight is 655 g/mol. The Morgan fingerprint density at radius 2 is 1.12 bits per heavy atom. The standard InChI is InChI=1S/C45H30N6/c46-44(49-45-47-37-20-10-7-18-35(37)42(48-45)29-13-3-1-4-14-29)30-23-25-32(26-24-30)50-39-22-12-9-19-36(39)41-40(50)28-27-34-33-17-8-11-21-38(33)51(43(34)41)31-15-5-2-6-16-31/h1-28H,(H2,46,47,48,49). The summed E-state index contributed by atoms with van der Waals surface area (Å²) in [5.41, 5.74) is 10.6. The van der Waals surface area contributed by atoms with Gasteiger partial charge in [-0.1, -0.05) is 109 Å². The molecule has 10 aromatic rings. The predicted octanol–water partition coefficient (Wildman–Crippen LogP) is 10.4. The lowest BCUT2D eigenvalue weighted by Gasteiger charge is -2.10. The van der Waals surface area contributed by atoms with Gasteiger partial charge in [0.05, 0.1) is 33.3 Å². The average Bonchev–Trinajstić information content (AvgIpc) is 3.71. The lowest BCUT2D eigenvalue weighted by molar-refractivity contribution is 1.05. The maximum absolute atomic E-state index is 8.97. The monoisotopic (exact) mass is 654 g/mol. The van der Waals surface area contributed by atoms with Gasteiger partial charge in [0.25, 0.3) is 0 Å². The summed E-state index contributed by atoms with van der Waals surface area (Å²) in [6.07, 6.45) is 0. The lowest BCUT2D eigenvalue weighted by atomic mass is 10.1. The van der Waals surface area contributed by atoms with E-state index in [1.165, 1.54) is 32.6 Å². The predicted molar refractivity (Wildman–Crippen MR) is 209 cm³/mol. The van der Waals surface area contributed by atoms with Crippen molar-refractivity contribution in [2.24, 2.45) is 4.99 Å². The van der Waals surface area contributed by atoms with Crippen molar-refractivity contribution < 1.29 is 0 Å². The van der Waals surface area contributed by atoms with Gasteiger partial charge in [0.1, 0.15) is 0 Å². The second kappa shape index (κ2) is 11.5. The molecule has 3 heterocycles. The highest BCUT2D eigenvalue weighted by atomic mass is 15.0. The zero-order valence-electron chi connectivity index (χ0n) is 27.5. The molecule has 0 radical (unpaired) electrons. The number of hydrogen-bond acceptors (Lipinski definition) is 2. The molecule has 10 rings (SSSR count). The van der Waals surface area contributed by atoms with Crippen LogP contribution in [0.15, 0.2) is 175 Å². The molecule has 0 unspecified atom stereocenters. The normalized spacial score (nSPS) is 12.1. The molecule has 0 aliphatic carbocycles. The maximum atomic E-state index is 8.97. The van der Waals surface area contributed by atoms with Crippen LogP contribution < -0.4 is 5.62 Å². The molecular formula is C45H30N6. The summed E-state index contributed by atoms with van der Waals surface area (Å²) in [5.74, 6) is 0.135. The van der Waals surface area contributed by atoms with E-state index in [-0.39, 0.29) is 5.84 Å². The van der Waals surface area contributed by atoms with Crippen LogP contribution >= 0.6 is 0 Å². The summed E-state index contributed by atoms with van der Waals surface area (Å²) in [6, 6.07) is 58.7. The van der Waals surface area contributed by atoms with Crippen LogP contribution in [0.3, 0.4) is 0 Å². The smallest absolute Gasteiger partial charge is 0.229 e. The zero-order valence-corrected chi connectivity index (χ0v) is 27.5. The van der Waals surface area contributed by atoms with Crippen LogP contribution in [0.5, 0.6) is 0 Å². The van der Waals surface area contributed by atoms with Crippen molar-refractivity contribution in [3.63, 3.8) is 0 Å². The van der Waals surface area contributed by atoms with Gasteiger partial charge in [-0.15, -0.1) is 0 Å². The number of benzene rings is 7. The fourth-order valence-electron chi connectivity index (χ4n) is 7.55. The number of fused-ring (bicyclic) bond motifs is 8. The molecule has 0 atom stereocenters. The summed E-state index contributed by atoms with van der Waals surface area (Å²) >= 11 is 0. The van der Waals surface area contributed by atoms with Crippen molar-refractivity contribution in [2.45, 2.75) is 0 Å². The third kappa shape index (κ3) is 4.61. The molecule has 0 fully saturated rings. The van der Waals surface area contributed by atoms with Gasteiger partial charge in [-0.25, -0.2) is 4.98 Å². The Morgan fingerprint density at radius 3 is 1.88 bits per heavy atom.